The Morgan fingerprint density at radius 1 is 1.00 bits per heavy atom. The monoisotopic (exact) mass is 402 g/mol. The van der Waals surface area contributed by atoms with Gasteiger partial charge >= 0.3 is 0 Å². The molecule has 1 atom stereocenters. The lowest BCUT2D eigenvalue weighted by atomic mass is 9.97. The number of carbonyl (C=O) groups is 1. The van der Waals surface area contributed by atoms with Gasteiger partial charge in [-0.2, -0.15) is 0 Å². The second kappa shape index (κ2) is 8.78. The zero-order valence-electron chi connectivity index (χ0n) is 17.5. The first-order valence-corrected chi connectivity index (χ1v) is 11.3. The molecule has 0 spiro atoms. The number of nitrogens with one attached hydrogen (secondary N) is 1. The summed E-state index contributed by atoms with van der Waals surface area (Å²) >= 11 is 0. The van der Waals surface area contributed by atoms with Gasteiger partial charge in [-0.15, -0.1) is 0 Å². The molecule has 0 aromatic heterocycles. The molecule has 2 aromatic carbocycles. The maximum atomic E-state index is 12.7. The zero-order valence-corrected chi connectivity index (χ0v) is 18.4. The average Bonchev–Trinajstić information content (AvgIpc) is 2.56. The number of carbonyl (C=O) groups excluding carboxylic acids is 1. The summed E-state index contributed by atoms with van der Waals surface area (Å²) < 4.78 is 25.9. The number of sulfonamides is 1. The van der Waals surface area contributed by atoms with Crippen molar-refractivity contribution in [3.05, 3.63) is 64.2 Å². The summed E-state index contributed by atoms with van der Waals surface area (Å²) in [4.78, 5) is 12.7. The highest BCUT2D eigenvalue weighted by molar-refractivity contribution is 7.92. The van der Waals surface area contributed by atoms with Crippen LogP contribution in [0, 0.1) is 27.7 Å². The molecule has 0 radical (unpaired) electrons. The van der Waals surface area contributed by atoms with Gasteiger partial charge in [0, 0.05) is 0 Å². The first-order chi connectivity index (χ1) is 13.0. The second-order valence-electron chi connectivity index (χ2n) is 7.50. The lowest BCUT2D eigenvalue weighted by molar-refractivity contribution is -0.120. The quantitative estimate of drug-likeness (QED) is 0.762. The van der Waals surface area contributed by atoms with E-state index in [2.05, 4.69) is 11.4 Å². The summed E-state index contributed by atoms with van der Waals surface area (Å²) in [5.74, 6) is -0.323. The molecule has 5 nitrogen and oxygen atoms in total. The number of nitrogens with zero attached hydrogens (tertiary/aromatic N) is 1. The number of amides is 1. The van der Waals surface area contributed by atoms with Crippen molar-refractivity contribution >= 4 is 21.6 Å². The van der Waals surface area contributed by atoms with Gasteiger partial charge in [-0.25, -0.2) is 8.42 Å². The van der Waals surface area contributed by atoms with Gasteiger partial charge in [0.2, 0.25) is 15.9 Å². The fourth-order valence-electron chi connectivity index (χ4n) is 3.48. The van der Waals surface area contributed by atoms with Gasteiger partial charge in [-0.3, -0.25) is 9.10 Å². The summed E-state index contributed by atoms with van der Waals surface area (Å²) in [5, 5.41) is 3.00. The number of anilines is 1. The van der Waals surface area contributed by atoms with Crippen molar-refractivity contribution in [1.29, 1.82) is 0 Å². The molecule has 0 saturated heterocycles. The van der Waals surface area contributed by atoms with Gasteiger partial charge in [-0.1, -0.05) is 36.8 Å². The molecule has 0 aliphatic rings. The lowest BCUT2D eigenvalue weighted by Gasteiger charge is -2.25. The third-order valence-electron chi connectivity index (χ3n) is 4.73. The smallest absolute Gasteiger partial charge is 0.241 e. The number of hydrogen-bond donors (Lipinski definition) is 1. The predicted molar refractivity (Wildman–Crippen MR) is 115 cm³/mol. The van der Waals surface area contributed by atoms with Crippen LogP contribution in [0.3, 0.4) is 0 Å². The van der Waals surface area contributed by atoms with E-state index in [0.29, 0.717) is 5.69 Å². The van der Waals surface area contributed by atoms with Gasteiger partial charge in [-0.05, 0) is 68.5 Å². The molecular formula is C22H30N2O3S. The molecule has 0 heterocycles. The van der Waals surface area contributed by atoms with Gasteiger partial charge in [0.05, 0.1) is 18.0 Å². The lowest BCUT2D eigenvalue weighted by Crippen LogP contribution is -2.41. The minimum atomic E-state index is -3.59. The van der Waals surface area contributed by atoms with Crippen LogP contribution in [0.1, 0.15) is 47.2 Å². The van der Waals surface area contributed by atoms with Gasteiger partial charge in [0.1, 0.15) is 6.54 Å². The molecular weight excluding hydrogens is 372 g/mol. The average molecular weight is 403 g/mol. The SMILES string of the molecule is CCC(NC(=O)CN(c1cc(C)cc(C)c1)S(C)(=O)=O)c1ccc(C)cc1C. The maximum Gasteiger partial charge on any atom is 0.241 e. The van der Waals surface area contributed by atoms with Crippen LogP contribution in [0.5, 0.6) is 0 Å². The number of aryl methyl sites for hydroxylation is 4. The van der Waals surface area contributed by atoms with Crippen LogP contribution in [0.25, 0.3) is 0 Å². The van der Waals surface area contributed by atoms with Crippen LogP contribution in [0.2, 0.25) is 0 Å². The third-order valence-corrected chi connectivity index (χ3v) is 5.87. The Balaban J connectivity index is 2.25. The van der Waals surface area contributed by atoms with E-state index in [1.54, 1.807) is 12.1 Å². The van der Waals surface area contributed by atoms with Crippen LogP contribution in [-0.4, -0.2) is 27.1 Å². The fourth-order valence-corrected chi connectivity index (χ4v) is 4.32. The molecule has 1 amide bonds. The van der Waals surface area contributed by atoms with E-state index in [1.165, 1.54) is 5.56 Å². The van der Waals surface area contributed by atoms with Crippen molar-refractivity contribution in [2.45, 2.75) is 47.1 Å². The van der Waals surface area contributed by atoms with Crippen LogP contribution in [0.15, 0.2) is 36.4 Å². The predicted octanol–water partition coefficient (Wildman–Crippen LogP) is 3.95. The van der Waals surface area contributed by atoms with Crippen molar-refractivity contribution in [2.24, 2.45) is 0 Å². The first kappa shape index (κ1) is 22.0. The van der Waals surface area contributed by atoms with Crippen molar-refractivity contribution in [2.75, 3.05) is 17.1 Å². The maximum absolute atomic E-state index is 12.7. The molecule has 2 rings (SSSR count). The standard InChI is InChI=1S/C22H30N2O3S/c1-7-21(20-9-8-15(2)11-18(20)5)23-22(25)14-24(28(6,26)27)19-12-16(3)10-17(4)13-19/h8-13,21H,7,14H2,1-6H3,(H,23,25). The molecule has 152 valence electrons. The molecule has 1 N–H and O–H groups in total. The Morgan fingerprint density at radius 3 is 2.11 bits per heavy atom. The van der Waals surface area contributed by atoms with E-state index in [-0.39, 0.29) is 18.5 Å². The normalized spacial score (nSPS) is 12.5. The van der Waals surface area contributed by atoms with E-state index < -0.39 is 10.0 Å². The molecule has 28 heavy (non-hydrogen) atoms. The van der Waals surface area contributed by atoms with Gasteiger partial charge in [0.25, 0.3) is 0 Å². The van der Waals surface area contributed by atoms with E-state index in [1.807, 2.05) is 52.8 Å². The first-order valence-electron chi connectivity index (χ1n) is 9.43. The van der Waals surface area contributed by atoms with Crippen molar-refractivity contribution in [3.63, 3.8) is 0 Å². The van der Waals surface area contributed by atoms with Gasteiger partial charge in [0.15, 0.2) is 0 Å². The molecule has 0 aliphatic carbocycles. The second-order valence-corrected chi connectivity index (χ2v) is 9.41. The minimum absolute atomic E-state index is 0.159. The Kier molecular flexibility index (Phi) is 6.88. The van der Waals surface area contributed by atoms with Crippen LogP contribution < -0.4 is 9.62 Å². The number of hydrogen-bond acceptors (Lipinski definition) is 3. The highest BCUT2D eigenvalue weighted by Crippen LogP contribution is 2.23. The Hall–Kier alpha value is -2.34. The Morgan fingerprint density at radius 2 is 1.61 bits per heavy atom. The zero-order chi connectivity index (χ0) is 21.1. The summed E-state index contributed by atoms with van der Waals surface area (Å²) in [5.41, 5.74) is 5.74. The number of benzene rings is 2. The summed E-state index contributed by atoms with van der Waals surface area (Å²) in [6.45, 7) is 9.62. The molecule has 0 aliphatic heterocycles. The summed E-state index contributed by atoms with van der Waals surface area (Å²) in [6, 6.07) is 11.5. The molecule has 0 bridgehead atoms. The topological polar surface area (TPSA) is 66.5 Å². The molecule has 0 saturated carbocycles. The van der Waals surface area contributed by atoms with Gasteiger partial charge < -0.3 is 5.32 Å². The molecule has 6 heteroatoms. The van der Waals surface area contributed by atoms with E-state index in [9.17, 15) is 13.2 Å². The largest absolute Gasteiger partial charge is 0.348 e. The summed E-state index contributed by atoms with van der Waals surface area (Å²) in [7, 11) is -3.59. The van der Waals surface area contributed by atoms with E-state index in [0.717, 1.165) is 39.2 Å². The highest BCUT2D eigenvalue weighted by Gasteiger charge is 2.23. The van der Waals surface area contributed by atoms with E-state index >= 15 is 0 Å². The number of rotatable bonds is 7. The molecule has 1 unspecified atom stereocenters. The Bertz CT molecular complexity index is 947. The van der Waals surface area contributed by atoms with Crippen LogP contribution in [-0.2, 0) is 14.8 Å². The van der Waals surface area contributed by atoms with E-state index in [4.69, 9.17) is 0 Å². The van der Waals surface area contributed by atoms with Crippen molar-refractivity contribution in [3.8, 4) is 0 Å². The minimum Gasteiger partial charge on any atom is -0.348 e. The molecule has 0 fully saturated rings. The van der Waals surface area contributed by atoms with Crippen molar-refractivity contribution < 1.29 is 13.2 Å². The Labute approximate surface area is 168 Å². The third kappa shape index (κ3) is 5.58. The van der Waals surface area contributed by atoms with Crippen LogP contribution in [0.4, 0.5) is 5.69 Å². The van der Waals surface area contributed by atoms with Crippen molar-refractivity contribution in [1.82, 2.24) is 5.32 Å². The highest BCUT2D eigenvalue weighted by atomic mass is 32.2. The van der Waals surface area contributed by atoms with Crippen LogP contribution >= 0.6 is 0 Å². The summed E-state index contributed by atoms with van der Waals surface area (Å²) in [6.07, 6.45) is 1.84. The fraction of sp³-hybridized carbons (Fsp3) is 0.409. The molecule has 2 aromatic rings.